The molecule has 0 aromatic carbocycles. The molecule has 0 spiro atoms. The van der Waals surface area contributed by atoms with E-state index in [1.807, 2.05) is 11.8 Å². The predicted molar refractivity (Wildman–Crippen MR) is 63.6 cm³/mol. The standard InChI is InChI=1S/C12H18FN3O/c1-3-10-11(13)12(15-8-14-10)16-6-4-9(17-2)5-7-16/h8-9H,3-7H2,1-2H3. The topological polar surface area (TPSA) is 38.2 Å². The van der Waals surface area contributed by atoms with E-state index in [0.717, 1.165) is 25.9 Å². The van der Waals surface area contributed by atoms with E-state index in [9.17, 15) is 4.39 Å². The van der Waals surface area contributed by atoms with Crippen molar-refractivity contribution in [2.75, 3.05) is 25.1 Å². The minimum atomic E-state index is -0.272. The van der Waals surface area contributed by atoms with E-state index < -0.39 is 0 Å². The Morgan fingerprint density at radius 2 is 2.12 bits per heavy atom. The van der Waals surface area contributed by atoms with Crippen LogP contribution >= 0.6 is 0 Å². The molecule has 1 aliphatic heterocycles. The third-order valence-electron chi connectivity index (χ3n) is 3.25. The zero-order valence-electron chi connectivity index (χ0n) is 10.3. The summed E-state index contributed by atoms with van der Waals surface area (Å²) < 4.78 is 19.3. The summed E-state index contributed by atoms with van der Waals surface area (Å²) in [5.74, 6) is 0.164. The number of hydrogen-bond donors (Lipinski definition) is 0. The Bertz CT molecular complexity index is 378. The fraction of sp³-hybridized carbons (Fsp3) is 0.667. The molecule has 0 N–H and O–H groups in total. The summed E-state index contributed by atoms with van der Waals surface area (Å²) >= 11 is 0. The minimum Gasteiger partial charge on any atom is -0.381 e. The van der Waals surface area contributed by atoms with Crippen LogP contribution in [0.3, 0.4) is 0 Å². The van der Waals surface area contributed by atoms with Gasteiger partial charge in [0.15, 0.2) is 11.6 Å². The van der Waals surface area contributed by atoms with E-state index in [1.54, 1.807) is 7.11 Å². The Morgan fingerprint density at radius 1 is 1.41 bits per heavy atom. The fourth-order valence-electron chi connectivity index (χ4n) is 2.17. The molecule has 1 aromatic heterocycles. The largest absolute Gasteiger partial charge is 0.381 e. The number of nitrogens with zero attached hydrogens (tertiary/aromatic N) is 3. The van der Waals surface area contributed by atoms with Crippen LogP contribution in [0.2, 0.25) is 0 Å². The second-order valence-corrected chi connectivity index (χ2v) is 4.23. The second kappa shape index (κ2) is 5.40. The fourth-order valence-corrected chi connectivity index (χ4v) is 2.17. The first-order valence-electron chi connectivity index (χ1n) is 6.03. The second-order valence-electron chi connectivity index (χ2n) is 4.23. The number of piperidine rings is 1. The van der Waals surface area contributed by atoms with Crippen LogP contribution in [0.15, 0.2) is 6.33 Å². The summed E-state index contributed by atoms with van der Waals surface area (Å²) in [6.45, 7) is 3.47. The molecule has 1 fully saturated rings. The van der Waals surface area contributed by atoms with Gasteiger partial charge in [-0.2, -0.15) is 0 Å². The summed E-state index contributed by atoms with van der Waals surface area (Å²) in [5.41, 5.74) is 0.490. The zero-order valence-corrected chi connectivity index (χ0v) is 10.3. The van der Waals surface area contributed by atoms with Gasteiger partial charge in [-0.05, 0) is 19.3 Å². The van der Waals surface area contributed by atoms with Crippen molar-refractivity contribution < 1.29 is 9.13 Å². The molecular weight excluding hydrogens is 221 g/mol. The Labute approximate surface area is 101 Å². The Kier molecular flexibility index (Phi) is 3.89. The van der Waals surface area contributed by atoms with Crippen LogP contribution < -0.4 is 4.90 Å². The number of halogens is 1. The Balaban J connectivity index is 2.13. The molecule has 2 rings (SSSR count). The molecule has 0 saturated carbocycles. The number of anilines is 1. The van der Waals surface area contributed by atoms with Gasteiger partial charge in [0.1, 0.15) is 6.33 Å². The molecule has 4 nitrogen and oxygen atoms in total. The van der Waals surface area contributed by atoms with Crippen molar-refractivity contribution >= 4 is 5.82 Å². The lowest BCUT2D eigenvalue weighted by atomic mass is 10.1. The van der Waals surface area contributed by atoms with Crippen molar-refractivity contribution in [3.05, 3.63) is 17.8 Å². The van der Waals surface area contributed by atoms with Gasteiger partial charge >= 0.3 is 0 Å². The molecule has 0 amide bonds. The Hall–Kier alpha value is -1.23. The summed E-state index contributed by atoms with van der Waals surface area (Å²) in [6, 6.07) is 0. The van der Waals surface area contributed by atoms with Crippen LogP contribution in [0.1, 0.15) is 25.5 Å². The first kappa shape index (κ1) is 12.2. The summed E-state index contributed by atoms with van der Waals surface area (Å²) in [6.07, 6.45) is 4.17. The predicted octanol–water partition coefficient (Wildman–Crippen LogP) is 1.79. The average Bonchev–Trinajstić information content (AvgIpc) is 2.39. The van der Waals surface area contributed by atoms with Crippen molar-refractivity contribution in [2.24, 2.45) is 0 Å². The summed E-state index contributed by atoms with van der Waals surface area (Å²) in [5, 5.41) is 0. The van der Waals surface area contributed by atoms with E-state index in [1.165, 1.54) is 6.33 Å². The molecule has 2 heterocycles. The number of ether oxygens (including phenoxy) is 1. The quantitative estimate of drug-likeness (QED) is 0.806. The Morgan fingerprint density at radius 3 is 2.71 bits per heavy atom. The van der Waals surface area contributed by atoms with Crippen LogP contribution in [0.4, 0.5) is 10.2 Å². The zero-order chi connectivity index (χ0) is 12.3. The van der Waals surface area contributed by atoms with Gasteiger partial charge in [-0.25, -0.2) is 14.4 Å². The maximum absolute atomic E-state index is 14.0. The molecule has 0 unspecified atom stereocenters. The van der Waals surface area contributed by atoms with Gasteiger partial charge in [0.05, 0.1) is 11.8 Å². The highest BCUT2D eigenvalue weighted by atomic mass is 19.1. The van der Waals surface area contributed by atoms with Crippen molar-refractivity contribution in [2.45, 2.75) is 32.3 Å². The monoisotopic (exact) mass is 239 g/mol. The maximum Gasteiger partial charge on any atom is 0.187 e. The van der Waals surface area contributed by atoms with Gasteiger partial charge in [-0.3, -0.25) is 0 Å². The molecule has 0 radical (unpaired) electrons. The molecule has 0 aliphatic carbocycles. The van der Waals surface area contributed by atoms with Gasteiger partial charge in [0.25, 0.3) is 0 Å². The first-order chi connectivity index (χ1) is 8.26. The maximum atomic E-state index is 14.0. The van der Waals surface area contributed by atoms with Crippen molar-refractivity contribution in [3.63, 3.8) is 0 Å². The van der Waals surface area contributed by atoms with Gasteiger partial charge in [-0.1, -0.05) is 6.92 Å². The van der Waals surface area contributed by atoms with Gasteiger partial charge in [0, 0.05) is 20.2 Å². The number of aryl methyl sites for hydroxylation is 1. The van der Waals surface area contributed by atoms with Gasteiger partial charge in [-0.15, -0.1) is 0 Å². The highest BCUT2D eigenvalue weighted by molar-refractivity contribution is 5.41. The molecule has 17 heavy (non-hydrogen) atoms. The van der Waals surface area contributed by atoms with E-state index in [4.69, 9.17) is 4.74 Å². The van der Waals surface area contributed by atoms with E-state index in [2.05, 4.69) is 9.97 Å². The van der Waals surface area contributed by atoms with Crippen molar-refractivity contribution in [1.82, 2.24) is 9.97 Å². The van der Waals surface area contributed by atoms with E-state index >= 15 is 0 Å². The molecule has 0 atom stereocenters. The lowest BCUT2D eigenvalue weighted by Gasteiger charge is -2.32. The third kappa shape index (κ3) is 2.54. The molecular formula is C12H18FN3O. The van der Waals surface area contributed by atoms with E-state index in [0.29, 0.717) is 24.0 Å². The normalized spacial score (nSPS) is 17.5. The van der Waals surface area contributed by atoms with Crippen LogP contribution in [0.5, 0.6) is 0 Å². The average molecular weight is 239 g/mol. The third-order valence-corrected chi connectivity index (χ3v) is 3.25. The highest BCUT2D eigenvalue weighted by Crippen LogP contribution is 2.23. The van der Waals surface area contributed by atoms with Crippen LogP contribution in [-0.2, 0) is 11.2 Å². The first-order valence-corrected chi connectivity index (χ1v) is 6.03. The number of rotatable bonds is 3. The SMILES string of the molecule is CCc1ncnc(N2CCC(OC)CC2)c1F. The summed E-state index contributed by atoms with van der Waals surface area (Å²) in [4.78, 5) is 9.98. The number of aromatic nitrogens is 2. The lowest BCUT2D eigenvalue weighted by Crippen LogP contribution is -2.37. The molecule has 1 saturated heterocycles. The van der Waals surface area contributed by atoms with Gasteiger partial charge in [0.2, 0.25) is 0 Å². The van der Waals surface area contributed by atoms with E-state index in [-0.39, 0.29) is 5.82 Å². The van der Waals surface area contributed by atoms with Crippen LogP contribution in [0.25, 0.3) is 0 Å². The van der Waals surface area contributed by atoms with Crippen molar-refractivity contribution in [3.8, 4) is 0 Å². The summed E-state index contributed by atoms with van der Waals surface area (Å²) in [7, 11) is 1.72. The lowest BCUT2D eigenvalue weighted by molar-refractivity contribution is 0.0816. The number of methoxy groups -OCH3 is 1. The van der Waals surface area contributed by atoms with Crippen LogP contribution in [0, 0.1) is 5.82 Å². The minimum absolute atomic E-state index is 0.272. The highest BCUT2D eigenvalue weighted by Gasteiger charge is 2.23. The molecule has 5 heteroatoms. The van der Waals surface area contributed by atoms with Crippen molar-refractivity contribution in [1.29, 1.82) is 0 Å². The number of hydrogen-bond acceptors (Lipinski definition) is 4. The molecule has 94 valence electrons. The molecule has 1 aliphatic rings. The van der Waals surface area contributed by atoms with Gasteiger partial charge < -0.3 is 9.64 Å². The smallest absolute Gasteiger partial charge is 0.187 e. The van der Waals surface area contributed by atoms with Crippen LogP contribution in [-0.4, -0.2) is 36.3 Å². The molecule has 0 bridgehead atoms. The molecule has 1 aromatic rings.